The van der Waals surface area contributed by atoms with Crippen LogP contribution in [0, 0.1) is 18.3 Å². The molecule has 1 aromatic carbocycles. The standard InChI is InChI=1S/C19H21N5O/c1-12-8-18-14(9-15(12)10-20)4-3-6-24(18)19-16-11-23(13(2)25)7-5-17(16)21-22-19/h8-9H,3-7,11H2,1-2H3,(H,21,22). The number of aromatic nitrogens is 2. The van der Waals surface area contributed by atoms with Crippen molar-refractivity contribution in [1.29, 1.82) is 5.26 Å². The summed E-state index contributed by atoms with van der Waals surface area (Å²) in [7, 11) is 0. The van der Waals surface area contributed by atoms with Crippen LogP contribution in [-0.4, -0.2) is 34.1 Å². The summed E-state index contributed by atoms with van der Waals surface area (Å²) in [6.07, 6.45) is 2.82. The van der Waals surface area contributed by atoms with Crippen LogP contribution in [0.25, 0.3) is 0 Å². The molecule has 0 bridgehead atoms. The quantitative estimate of drug-likeness (QED) is 0.869. The number of rotatable bonds is 1. The summed E-state index contributed by atoms with van der Waals surface area (Å²) in [6, 6.07) is 6.39. The molecule has 1 amide bonds. The van der Waals surface area contributed by atoms with Crippen LogP contribution < -0.4 is 4.90 Å². The Balaban J connectivity index is 1.77. The molecule has 2 aliphatic rings. The fraction of sp³-hybridized carbons (Fsp3) is 0.421. The molecule has 128 valence electrons. The molecular weight excluding hydrogens is 314 g/mol. The number of amides is 1. The summed E-state index contributed by atoms with van der Waals surface area (Å²) in [6.45, 7) is 5.84. The zero-order chi connectivity index (χ0) is 17.6. The molecule has 6 nitrogen and oxygen atoms in total. The molecule has 3 heterocycles. The average Bonchev–Trinajstić information content (AvgIpc) is 3.03. The minimum Gasteiger partial charge on any atom is -0.338 e. The van der Waals surface area contributed by atoms with Gasteiger partial charge in [0.2, 0.25) is 5.91 Å². The second-order valence-electron chi connectivity index (χ2n) is 6.86. The van der Waals surface area contributed by atoms with Gasteiger partial charge in [0, 0.05) is 43.4 Å². The minimum atomic E-state index is 0.103. The van der Waals surface area contributed by atoms with Crippen molar-refractivity contribution in [3.8, 4) is 6.07 Å². The Morgan fingerprint density at radius 2 is 2.16 bits per heavy atom. The molecule has 0 aliphatic carbocycles. The van der Waals surface area contributed by atoms with Crippen molar-refractivity contribution in [3.63, 3.8) is 0 Å². The van der Waals surface area contributed by atoms with Crippen molar-refractivity contribution in [1.82, 2.24) is 15.1 Å². The maximum absolute atomic E-state index is 11.8. The maximum Gasteiger partial charge on any atom is 0.219 e. The van der Waals surface area contributed by atoms with Crippen molar-refractivity contribution in [2.45, 2.75) is 39.7 Å². The molecule has 6 heteroatoms. The monoisotopic (exact) mass is 335 g/mol. The molecule has 25 heavy (non-hydrogen) atoms. The lowest BCUT2D eigenvalue weighted by Gasteiger charge is -2.33. The number of nitrogens with zero attached hydrogens (tertiary/aromatic N) is 4. The largest absolute Gasteiger partial charge is 0.338 e. The second kappa shape index (κ2) is 5.92. The number of benzene rings is 1. The van der Waals surface area contributed by atoms with E-state index in [2.05, 4.69) is 27.2 Å². The Bertz CT molecular complexity index is 892. The number of anilines is 2. The molecular formula is C19H21N5O. The van der Waals surface area contributed by atoms with Gasteiger partial charge in [-0.15, -0.1) is 0 Å². The van der Waals surface area contributed by atoms with E-state index < -0.39 is 0 Å². The highest BCUT2D eigenvalue weighted by atomic mass is 16.2. The van der Waals surface area contributed by atoms with Gasteiger partial charge in [0.1, 0.15) is 0 Å². The lowest BCUT2D eigenvalue weighted by atomic mass is 9.96. The molecule has 0 spiro atoms. The van der Waals surface area contributed by atoms with Gasteiger partial charge in [-0.2, -0.15) is 10.4 Å². The van der Waals surface area contributed by atoms with E-state index in [1.165, 1.54) is 5.56 Å². The van der Waals surface area contributed by atoms with E-state index in [1.807, 2.05) is 17.9 Å². The Labute approximate surface area is 147 Å². The summed E-state index contributed by atoms with van der Waals surface area (Å²) in [4.78, 5) is 15.9. The number of nitrogens with one attached hydrogen (secondary N) is 1. The minimum absolute atomic E-state index is 0.103. The van der Waals surface area contributed by atoms with Crippen LogP contribution in [0.3, 0.4) is 0 Å². The Kier molecular flexibility index (Phi) is 3.72. The second-order valence-corrected chi connectivity index (χ2v) is 6.86. The number of nitriles is 1. The van der Waals surface area contributed by atoms with Gasteiger partial charge in [-0.3, -0.25) is 9.89 Å². The highest BCUT2D eigenvalue weighted by Crippen LogP contribution is 2.37. The van der Waals surface area contributed by atoms with Crippen LogP contribution in [0.15, 0.2) is 12.1 Å². The third-order valence-corrected chi connectivity index (χ3v) is 5.28. The van der Waals surface area contributed by atoms with Gasteiger partial charge in [0.25, 0.3) is 0 Å². The summed E-state index contributed by atoms with van der Waals surface area (Å²) < 4.78 is 0. The number of carbonyl (C=O) groups is 1. The topological polar surface area (TPSA) is 76.0 Å². The molecule has 2 aromatic rings. The molecule has 4 rings (SSSR count). The van der Waals surface area contributed by atoms with Gasteiger partial charge < -0.3 is 9.80 Å². The number of aromatic amines is 1. The highest BCUT2D eigenvalue weighted by Gasteiger charge is 2.29. The van der Waals surface area contributed by atoms with Gasteiger partial charge in [-0.1, -0.05) is 0 Å². The first kappa shape index (κ1) is 15.7. The molecule has 0 fully saturated rings. The smallest absolute Gasteiger partial charge is 0.219 e. The van der Waals surface area contributed by atoms with Crippen molar-refractivity contribution in [2.75, 3.05) is 18.0 Å². The van der Waals surface area contributed by atoms with Crippen LogP contribution in [-0.2, 0) is 24.2 Å². The number of carbonyl (C=O) groups excluding carboxylic acids is 1. The summed E-state index contributed by atoms with van der Waals surface area (Å²) in [5, 5.41) is 17.0. The van der Waals surface area contributed by atoms with Crippen LogP contribution in [0.2, 0.25) is 0 Å². The average molecular weight is 335 g/mol. The summed E-state index contributed by atoms with van der Waals surface area (Å²) >= 11 is 0. The van der Waals surface area contributed by atoms with E-state index in [9.17, 15) is 10.1 Å². The zero-order valence-electron chi connectivity index (χ0n) is 14.6. The van der Waals surface area contributed by atoms with Gasteiger partial charge in [-0.05, 0) is 43.0 Å². The van der Waals surface area contributed by atoms with Gasteiger partial charge >= 0.3 is 0 Å². The van der Waals surface area contributed by atoms with E-state index in [-0.39, 0.29) is 5.91 Å². The molecule has 0 saturated carbocycles. The van der Waals surface area contributed by atoms with Gasteiger partial charge in [-0.25, -0.2) is 0 Å². The number of fused-ring (bicyclic) bond motifs is 2. The Hall–Kier alpha value is -2.81. The normalized spacial score (nSPS) is 16.2. The molecule has 0 unspecified atom stereocenters. The molecule has 0 atom stereocenters. The van der Waals surface area contributed by atoms with Crippen LogP contribution >= 0.6 is 0 Å². The first-order valence-electron chi connectivity index (χ1n) is 8.71. The lowest BCUT2D eigenvalue weighted by molar-refractivity contribution is -0.129. The highest BCUT2D eigenvalue weighted by molar-refractivity contribution is 5.75. The molecule has 0 radical (unpaired) electrons. The third kappa shape index (κ3) is 2.56. The third-order valence-electron chi connectivity index (χ3n) is 5.28. The summed E-state index contributed by atoms with van der Waals surface area (Å²) in [5.41, 5.74) is 6.32. The van der Waals surface area contributed by atoms with E-state index in [0.29, 0.717) is 6.54 Å². The van der Waals surface area contributed by atoms with Crippen LogP contribution in [0.5, 0.6) is 0 Å². The first-order chi connectivity index (χ1) is 12.1. The maximum atomic E-state index is 11.8. The lowest BCUT2D eigenvalue weighted by Crippen LogP contribution is -2.35. The van der Waals surface area contributed by atoms with Gasteiger partial charge in [0.15, 0.2) is 5.82 Å². The molecule has 0 saturated heterocycles. The molecule has 1 aromatic heterocycles. The summed E-state index contributed by atoms with van der Waals surface area (Å²) in [5.74, 6) is 1.03. The SMILES string of the molecule is CC(=O)N1CCc2[nH]nc(N3CCCc4cc(C#N)c(C)cc43)c2C1. The van der Waals surface area contributed by atoms with Crippen molar-refractivity contribution >= 4 is 17.4 Å². The van der Waals surface area contributed by atoms with Crippen molar-refractivity contribution in [3.05, 3.63) is 40.1 Å². The van der Waals surface area contributed by atoms with E-state index in [1.54, 1.807) is 6.92 Å². The van der Waals surface area contributed by atoms with E-state index in [4.69, 9.17) is 0 Å². The van der Waals surface area contributed by atoms with Crippen molar-refractivity contribution < 1.29 is 4.79 Å². The zero-order valence-corrected chi connectivity index (χ0v) is 14.6. The number of hydrogen-bond donors (Lipinski definition) is 1. The van der Waals surface area contributed by atoms with Crippen LogP contribution in [0.1, 0.15) is 41.3 Å². The first-order valence-corrected chi connectivity index (χ1v) is 8.71. The number of H-pyrrole nitrogens is 1. The van der Waals surface area contributed by atoms with Crippen molar-refractivity contribution in [2.24, 2.45) is 0 Å². The Morgan fingerprint density at radius 3 is 2.92 bits per heavy atom. The fourth-order valence-corrected chi connectivity index (χ4v) is 3.85. The molecule has 2 aliphatic heterocycles. The van der Waals surface area contributed by atoms with Crippen LogP contribution in [0.4, 0.5) is 11.5 Å². The van der Waals surface area contributed by atoms with Gasteiger partial charge in [0.05, 0.1) is 18.2 Å². The predicted octanol–water partition coefficient (Wildman–Crippen LogP) is 2.58. The Morgan fingerprint density at radius 1 is 1.32 bits per heavy atom. The predicted molar refractivity (Wildman–Crippen MR) is 94.6 cm³/mol. The number of hydrogen-bond acceptors (Lipinski definition) is 4. The molecule has 1 N–H and O–H groups in total. The number of aryl methyl sites for hydroxylation is 2. The fourth-order valence-electron chi connectivity index (χ4n) is 3.85. The van der Waals surface area contributed by atoms with E-state index in [0.717, 1.165) is 66.2 Å². The van der Waals surface area contributed by atoms with E-state index >= 15 is 0 Å².